The van der Waals surface area contributed by atoms with Crippen molar-refractivity contribution in [2.75, 3.05) is 39.1 Å². The number of hydrogen-bond acceptors (Lipinski definition) is 4. The number of unbranched alkanes of at least 4 members (excludes halogenated alkanes) is 3. The van der Waals surface area contributed by atoms with Crippen molar-refractivity contribution in [3.8, 4) is 0 Å². The van der Waals surface area contributed by atoms with Crippen LogP contribution >= 0.6 is 0 Å². The number of aromatic nitrogens is 2. The maximum atomic E-state index is 13.7. The van der Waals surface area contributed by atoms with Gasteiger partial charge in [0.1, 0.15) is 5.69 Å². The van der Waals surface area contributed by atoms with E-state index >= 15 is 0 Å². The molecule has 1 heterocycles. The molecule has 7 heteroatoms. The summed E-state index contributed by atoms with van der Waals surface area (Å²) in [7, 11) is 6.59. The van der Waals surface area contributed by atoms with E-state index in [1.165, 1.54) is 38.4 Å². The molecule has 0 aliphatic heterocycles. The Morgan fingerprint density at radius 3 is 2.17 bits per heavy atom. The van der Waals surface area contributed by atoms with E-state index in [4.69, 9.17) is 4.18 Å². The van der Waals surface area contributed by atoms with Gasteiger partial charge in [0.2, 0.25) is 4.90 Å². The second-order valence-corrected chi connectivity index (χ2v) is 10.2. The molecule has 0 spiro atoms. The van der Waals surface area contributed by atoms with Gasteiger partial charge in [0, 0.05) is 7.05 Å². The molecule has 0 aliphatic carbocycles. The minimum Gasteiger partial charge on any atom is -0.309 e. The molecule has 6 nitrogen and oxygen atoms in total. The molecule has 0 radical (unpaired) electrons. The van der Waals surface area contributed by atoms with Crippen molar-refractivity contribution in [1.82, 2.24) is 14.7 Å². The fourth-order valence-corrected chi connectivity index (χ4v) is 5.36. The van der Waals surface area contributed by atoms with Gasteiger partial charge in [0.05, 0.1) is 25.5 Å². The predicted molar refractivity (Wildman–Crippen MR) is 122 cm³/mol. The van der Waals surface area contributed by atoms with Crippen LogP contribution in [0.25, 0.3) is 0 Å². The van der Waals surface area contributed by atoms with Crippen LogP contribution in [0.1, 0.15) is 42.6 Å². The maximum Gasteiger partial charge on any atom is 0.350 e. The number of aryl methyl sites for hydroxylation is 3. The lowest BCUT2D eigenvalue weighted by Crippen LogP contribution is -2.35. The van der Waals surface area contributed by atoms with Crippen molar-refractivity contribution in [2.24, 2.45) is 7.05 Å². The predicted octanol–water partition coefficient (Wildman–Crippen LogP) is 4.17. The van der Waals surface area contributed by atoms with Gasteiger partial charge < -0.3 is 4.90 Å². The van der Waals surface area contributed by atoms with Crippen LogP contribution in [0.5, 0.6) is 0 Å². The summed E-state index contributed by atoms with van der Waals surface area (Å²) in [5, 5.41) is 4.44. The van der Waals surface area contributed by atoms with Crippen LogP contribution in [-0.4, -0.2) is 49.5 Å². The molecule has 1 unspecified atom stereocenters. The van der Waals surface area contributed by atoms with E-state index in [1.54, 1.807) is 8.99 Å². The Morgan fingerprint density at radius 2 is 1.66 bits per heavy atom. The summed E-state index contributed by atoms with van der Waals surface area (Å²) in [5.74, 6) is 0. The minimum absolute atomic E-state index is 0.680. The molecule has 0 amide bonds. The summed E-state index contributed by atoms with van der Waals surface area (Å²) in [6, 6.07) is 8.02. The van der Waals surface area contributed by atoms with Gasteiger partial charge in [-0.05, 0) is 75.7 Å². The molecule has 0 N–H and O–H groups in total. The second kappa shape index (κ2) is 10.4. The number of nitrogens with zero attached hydrogens (tertiary/aromatic N) is 4. The molecule has 0 saturated heterocycles. The van der Waals surface area contributed by atoms with E-state index in [0.29, 0.717) is 4.90 Å². The second-order valence-electron chi connectivity index (χ2n) is 7.89. The SMILES string of the molecule is CO[S+](=O)(c1ccc(CCCCCCN(C)C)cc1)N(C)c1c(C)nn(C)c1C. The zero-order valence-corrected chi connectivity index (χ0v) is 19.9. The number of benzene rings is 1. The lowest BCUT2D eigenvalue weighted by molar-refractivity contribution is 0.390. The van der Waals surface area contributed by atoms with Gasteiger partial charge in [-0.3, -0.25) is 4.68 Å². The van der Waals surface area contributed by atoms with Crippen molar-refractivity contribution >= 4 is 16.1 Å². The Hall–Kier alpha value is -1.70. The lowest BCUT2D eigenvalue weighted by Gasteiger charge is -2.20. The summed E-state index contributed by atoms with van der Waals surface area (Å²) in [5.41, 5.74) is 3.92. The Bertz CT molecular complexity index is 830. The molecule has 0 saturated carbocycles. The van der Waals surface area contributed by atoms with E-state index in [2.05, 4.69) is 36.2 Å². The number of anilines is 1. The Morgan fingerprint density at radius 1 is 1.03 bits per heavy atom. The topological polar surface area (TPSA) is 50.6 Å². The van der Waals surface area contributed by atoms with E-state index in [0.717, 1.165) is 30.0 Å². The van der Waals surface area contributed by atoms with E-state index in [1.807, 2.05) is 40.1 Å². The average molecular weight is 422 g/mol. The first-order chi connectivity index (χ1) is 13.7. The van der Waals surface area contributed by atoms with Crippen LogP contribution in [0, 0.1) is 13.8 Å². The number of hydrogen-bond donors (Lipinski definition) is 0. The van der Waals surface area contributed by atoms with E-state index < -0.39 is 10.4 Å². The monoisotopic (exact) mass is 421 g/mol. The summed E-state index contributed by atoms with van der Waals surface area (Å²) < 4.78 is 22.8. The minimum atomic E-state index is -2.85. The molecule has 29 heavy (non-hydrogen) atoms. The third-order valence-corrected chi connectivity index (χ3v) is 7.64. The van der Waals surface area contributed by atoms with Crippen molar-refractivity contribution in [2.45, 2.75) is 50.8 Å². The average Bonchev–Trinajstić information content (AvgIpc) is 2.95. The van der Waals surface area contributed by atoms with Crippen LogP contribution < -0.4 is 4.31 Å². The molecule has 2 aromatic rings. The van der Waals surface area contributed by atoms with Crippen LogP contribution in [0.15, 0.2) is 29.2 Å². The van der Waals surface area contributed by atoms with Gasteiger partial charge in [-0.1, -0.05) is 25.0 Å². The Labute approximate surface area is 177 Å². The van der Waals surface area contributed by atoms with Crippen LogP contribution in [0.4, 0.5) is 5.69 Å². The maximum absolute atomic E-state index is 13.7. The molecular formula is C22H37N4O2S+. The molecule has 1 aromatic heterocycles. The van der Waals surface area contributed by atoms with Gasteiger partial charge in [-0.15, -0.1) is 4.18 Å². The molecule has 0 aliphatic rings. The van der Waals surface area contributed by atoms with Gasteiger partial charge >= 0.3 is 10.4 Å². The van der Waals surface area contributed by atoms with Crippen LogP contribution in [-0.2, 0) is 32.3 Å². The summed E-state index contributed by atoms with van der Waals surface area (Å²) >= 11 is 0. The van der Waals surface area contributed by atoms with Gasteiger partial charge in [0.25, 0.3) is 0 Å². The lowest BCUT2D eigenvalue weighted by atomic mass is 10.1. The molecule has 2 rings (SSSR count). The van der Waals surface area contributed by atoms with Gasteiger partial charge in [-0.25, -0.2) is 0 Å². The van der Waals surface area contributed by atoms with E-state index in [9.17, 15) is 4.21 Å². The van der Waals surface area contributed by atoms with E-state index in [-0.39, 0.29) is 0 Å². The highest BCUT2D eigenvalue weighted by Gasteiger charge is 2.41. The first-order valence-corrected chi connectivity index (χ1v) is 11.7. The summed E-state index contributed by atoms with van der Waals surface area (Å²) in [4.78, 5) is 2.91. The third-order valence-electron chi connectivity index (χ3n) is 5.41. The molecule has 0 bridgehead atoms. The highest BCUT2D eigenvalue weighted by atomic mass is 32.3. The molecular weight excluding hydrogens is 384 g/mol. The highest BCUT2D eigenvalue weighted by Crippen LogP contribution is 2.33. The van der Waals surface area contributed by atoms with Gasteiger partial charge in [-0.2, -0.15) is 9.40 Å². The molecule has 1 atom stereocenters. The zero-order chi connectivity index (χ0) is 21.6. The Kier molecular flexibility index (Phi) is 8.43. The van der Waals surface area contributed by atoms with Gasteiger partial charge in [0.15, 0.2) is 0 Å². The first-order valence-electron chi connectivity index (χ1n) is 10.3. The highest BCUT2D eigenvalue weighted by molar-refractivity contribution is 7.99. The zero-order valence-electron chi connectivity index (χ0n) is 19.1. The third kappa shape index (κ3) is 5.68. The van der Waals surface area contributed by atoms with Crippen molar-refractivity contribution in [1.29, 1.82) is 0 Å². The van der Waals surface area contributed by atoms with Crippen molar-refractivity contribution in [3.63, 3.8) is 0 Å². The first kappa shape index (κ1) is 23.6. The van der Waals surface area contributed by atoms with Crippen LogP contribution in [0.3, 0.4) is 0 Å². The Balaban J connectivity index is 2.05. The molecule has 0 fully saturated rings. The number of rotatable bonds is 11. The molecule has 1 aromatic carbocycles. The largest absolute Gasteiger partial charge is 0.350 e. The summed E-state index contributed by atoms with van der Waals surface area (Å²) in [6.07, 6.45) is 5.99. The van der Waals surface area contributed by atoms with Crippen LogP contribution in [0.2, 0.25) is 0 Å². The summed E-state index contributed by atoms with van der Waals surface area (Å²) in [6.45, 7) is 5.06. The fraction of sp³-hybridized carbons (Fsp3) is 0.591. The fourth-order valence-electron chi connectivity index (χ4n) is 3.64. The normalized spacial score (nSPS) is 13.7. The van der Waals surface area contributed by atoms with Crippen molar-refractivity contribution in [3.05, 3.63) is 41.2 Å². The standard InChI is InChI=1S/C22H37N4O2S/c1-18-22(19(2)25(5)23-18)26(6)29(27,28-7)21-15-13-20(14-16-21)12-10-8-9-11-17-24(3)4/h13-16H,8-12,17H2,1-7H3/q+1. The smallest absolute Gasteiger partial charge is 0.309 e. The molecule has 162 valence electrons. The van der Waals surface area contributed by atoms with Crippen molar-refractivity contribution < 1.29 is 8.39 Å². The quantitative estimate of drug-likeness (QED) is 0.404.